The van der Waals surface area contributed by atoms with E-state index in [1.807, 2.05) is 13.0 Å². The zero-order chi connectivity index (χ0) is 10.6. The third-order valence-corrected chi connectivity index (χ3v) is 3.35. The van der Waals surface area contributed by atoms with E-state index in [4.69, 9.17) is 0 Å². The van der Waals surface area contributed by atoms with E-state index in [9.17, 15) is 4.79 Å². The lowest BCUT2D eigenvalue weighted by Crippen LogP contribution is -2.22. The highest BCUT2D eigenvalue weighted by atomic mass is 16.1. The van der Waals surface area contributed by atoms with E-state index in [0.717, 1.165) is 30.8 Å². The Morgan fingerprint density at radius 3 is 2.64 bits per heavy atom. The molecule has 2 unspecified atom stereocenters. The molecule has 0 heterocycles. The van der Waals surface area contributed by atoms with Crippen LogP contribution in [0.15, 0.2) is 11.6 Å². The van der Waals surface area contributed by atoms with E-state index in [1.165, 1.54) is 12.8 Å². The summed E-state index contributed by atoms with van der Waals surface area (Å²) in [7, 11) is 0. The van der Waals surface area contributed by atoms with Gasteiger partial charge in [-0.1, -0.05) is 32.8 Å². The second-order valence-electron chi connectivity index (χ2n) is 4.50. The van der Waals surface area contributed by atoms with Gasteiger partial charge < -0.3 is 0 Å². The lowest BCUT2D eigenvalue weighted by atomic mass is 9.78. The molecular weight excluding hydrogens is 172 g/mol. The van der Waals surface area contributed by atoms with Crippen molar-refractivity contribution >= 4 is 5.78 Å². The SMILES string of the molecule is CC=C(CC)C(=O)C1CCCC(C)C1. The van der Waals surface area contributed by atoms with Crippen LogP contribution in [0.4, 0.5) is 0 Å². The van der Waals surface area contributed by atoms with Crippen molar-refractivity contribution in [3.63, 3.8) is 0 Å². The van der Waals surface area contributed by atoms with Gasteiger partial charge in [0.05, 0.1) is 0 Å². The predicted octanol–water partition coefficient (Wildman–Crippen LogP) is 3.74. The van der Waals surface area contributed by atoms with Crippen LogP contribution in [-0.4, -0.2) is 5.78 Å². The zero-order valence-electron chi connectivity index (χ0n) is 9.68. The second-order valence-corrected chi connectivity index (χ2v) is 4.50. The number of Topliss-reactive ketones (excluding diaryl/α,β-unsaturated/α-hetero) is 1. The molecule has 0 aliphatic heterocycles. The average molecular weight is 194 g/mol. The lowest BCUT2D eigenvalue weighted by Gasteiger charge is -2.26. The smallest absolute Gasteiger partial charge is 0.161 e. The number of hydrogen-bond acceptors (Lipinski definition) is 1. The van der Waals surface area contributed by atoms with Crippen molar-refractivity contribution in [2.75, 3.05) is 0 Å². The van der Waals surface area contributed by atoms with Gasteiger partial charge in [0, 0.05) is 5.92 Å². The third kappa shape index (κ3) is 2.70. The van der Waals surface area contributed by atoms with E-state index in [2.05, 4.69) is 13.8 Å². The molecule has 80 valence electrons. The molecule has 0 N–H and O–H groups in total. The number of carbonyl (C=O) groups is 1. The topological polar surface area (TPSA) is 17.1 Å². The minimum Gasteiger partial charge on any atom is -0.294 e. The maximum Gasteiger partial charge on any atom is 0.161 e. The van der Waals surface area contributed by atoms with Gasteiger partial charge in [0.1, 0.15) is 0 Å². The summed E-state index contributed by atoms with van der Waals surface area (Å²) >= 11 is 0. The Kier molecular flexibility index (Phi) is 4.37. The highest BCUT2D eigenvalue weighted by molar-refractivity contribution is 5.97. The lowest BCUT2D eigenvalue weighted by molar-refractivity contribution is -0.120. The van der Waals surface area contributed by atoms with Crippen molar-refractivity contribution in [2.45, 2.75) is 52.9 Å². The fraction of sp³-hybridized carbons (Fsp3) is 0.769. The molecule has 1 fully saturated rings. The predicted molar refractivity (Wildman–Crippen MR) is 60.2 cm³/mol. The molecule has 1 saturated carbocycles. The Morgan fingerprint density at radius 1 is 1.43 bits per heavy atom. The summed E-state index contributed by atoms with van der Waals surface area (Å²) < 4.78 is 0. The van der Waals surface area contributed by atoms with Gasteiger partial charge in [0.25, 0.3) is 0 Å². The zero-order valence-corrected chi connectivity index (χ0v) is 9.68. The quantitative estimate of drug-likeness (QED) is 0.625. The second kappa shape index (κ2) is 5.33. The first kappa shape index (κ1) is 11.5. The van der Waals surface area contributed by atoms with Gasteiger partial charge in [-0.15, -0.1) is 0 Å². The molecule has 14 heavy (non-hydrogen) atoms. The molecule has 0 spiro atoms. The third-order valence-electron chi connectivity index (χ3n) is 3.35. The van der Waals surface area contributed by atoms with Gasteiger partial charge >= 0.3 is 0 Å². The van der Waals surface area contributed by atoms with Gasteiger partial charge in [0.2, 0.25) is 0 Å². The Hall–Kier alpha value is -0.590. The molecule has 1 nitrogen and oxygen atoms in total. The fourth-order valence-corrected chi connectivity index (χ4v) is 2.46. The first-order chi connectivity index (χ1) is 6.69. The maximum absolute atomic E-state index is 12.0. The molecule has 1 aliphatic carbocycles. The van der Waals surface area contributed by atoms with Crippen LogP contribution in [0.25, 0.3) is 0 Å². The fourth-order valence-electron chi connectivity index (χ4n) is 2.46. The van der Waals surface area contributed by atoms with Crippen molar-refractivity contribution in [1.29, 1.82) is 0 Å². The molecule has 1 rings (SSSR count). The van der Waals surface area contributed by atoms with Crippen LogP contribution in [0.2, 0.25) is 0 Å². The van der Waals surface area contributed by atoms with Crippen LogP contribution in [0.5, 0.6) is 0 Å². The van der Waals surface area contributed by atoms with Crippen LogP contribution >= 0.6 is 0 Å². The maximum atomic E-state index is 12.0. The number of rotatable bonds is 3. The number of ketones is 1. The largest absolute Gasteiger partial charge is 0.294 e. The summed E-state index contributed by atoms with van der Waals surface area (Å²) in [6.45, 7) is 6.31. The van der Waals surface area contributed by atoms with Crippen molar-refractivity contribution in [1.82, 2.24) is 0 Å². The number of carbonyl (C=O) groups excluding carboxylic acids is 1. The Balaban J connectivity index is 2.59. The summed E-state index contributed by atoms with van der Waals surface area (Å²) in [5, 5.41) is 0. The van der Waals surface area contributed by atoms with E-state index in [1.54, 1.807) is 0 Å². The molecule has 0 saturated heterocycles. The summed E-state index contributed by atoms with van der Waals surface area (Å²) in [5.74, 6) is 1.49. The van der Waals surface area contributed by atoms with Crippen molar-refractivity contribution in [3.05, 3.63) is 11.6 Å². The minimum absolute atomic E-state index is 0.324. The van der Waals surface area contributed by atoms with E-state index in [0.29, 0.717) is 11.7 Å². The van der Waals surface area contributed by atoms with Crippen LogP contribution in [0, 0.1) is 11.8 Å². The molecule has 0 bridgehead atoms. The van der Waals surface area contributed by atoms with Crippen LogP contribution in [-0.2, 0) is 4.79 Å². The molecule has 0 aromatic carbocycles. The molecule has 0 radical (unpaired) electrons. The van der Waals surface area contributed by atoms with Crippen molar-refractivity contribution in [2.24, 2.45) is 11.8 Å². The van der Waals surface area contributed by atoms with Gasteiger partial charge in [0.15, 0.2) is 5.78 Å². The summed E-state index contributed by atoms with van der Waals surface area (Å²) in [6.07, 6.45) is 7.64. The monoisotopic (exact) mass is 194 g/mol. The van der Waals surface area contributed by atoms with Crippen LogP contribution in [0.1, 0.15) is 52.9 Å². The van der Waals surface area contributed by atoms with Gasteiger partial charge in [-0.05, 0) is 37.7 Å². The van der Waals surface area contributed by atoms with Gasteiger partial charge in [-0.3, -0.25) is 4.79 Å². The Labute approximate surface area is 87.6 Å². The molecule has 0 aromatic rings. The molecule has 0 amide bonds. The molecule has 1 aliphatic rings. The van der Waals surface area contributed by atoms with E-state index >= 15 is 0 Å². The number of allylic oxidation sites excluding steroid dienone is 2. The van der Waals surface area contributed by atoms with Crippen molar-refractivity contribution in [3.8, 4) is 0 Å². The highest BCUT2D eigenvalue weighted by Crippen LogP contribution is 2.31. The van der Waals surface area contributed by atoms with E-state index < -0.39 is 0 Å². The number of hydrogen-bond donors (Lipinski definition) is 0. The van der Waals surface area contributed by atoms with E-state index in [-0.39, 0.29) is 0 Å². The first-order valence-corrected chi connectivity index (χ1v) is 5.88. The normalized spacial score (nSPS) is 28.9. The molecular formula is C13H22O. The molecule has 2 atom stereocenters. The van der Waals surface area contributed by atoms with Crippen LogP contribution < -0.4 is 0 Å². The standard InChI is InChI=1S/C13H22O/c1-4-11(5-2)13(14)12-8-6-7-10(3)9-12/h4,10,12H,5-9H2,1-3H3. The summed E-state index contributed by atoms with van der Waals surface area (Å²) in [6, 6.07) is 0. The Bertz CT molecular complexity index is 227. The average Bonchev–Trinajstić information content (AvgIpc) is 2.19. The van der Waals surface area contributed by atoms with Gasteiger partial charge in [-0.2, -0.15) is 0 Å². The van der Waals surface area contributed by atoms with Crippen LogP contribution in [0.3, 0.4) is 0 Å². The molecule has 0 aromatic heterocycles. The highest BCUT2D eigenvalue weighted by Gasteiger charge is 2.25. The van der Waals surface area contributed by atoms with Crippen molar-refractivity contribution < 1.29 is 4.79 Å². The minimum atomic E-state index is 0.324. The molecule has 1 heteroatoms. The summed E-state index contributed by atoms with van der Waals surface area (Å²) in [5.41, 5.74) is 1.03. The first-order valence-electron chi connectivity index (χ1n) is 5.88. The summed E-state index contributed by atoms with van der Waals surface area (Å²) in [4.78, 5) is 12.0. The Morgan fingerprint density at radius 2 is 2.14 bits per heavy atom. The van der Waals surface area contributed by atoms with Gasteiger partial charge in [-0.25, -0.2) is 0 Å².